The summed E-state index contributed by atoms with van der Waals surface area (Å²) in [7, 11) is 1.81. The Morgan fingerprint density at radius 2 is 2.00 bits per heavy atom. The third kappa shape index (κ3) is 5.23. The standard InChI is InChI=1S/C15H17ClN2OS.ClH/c1-18(10-12-7-8-14(16)20-12)15(19)9-6-11-4-2-3-5-13(11)17;/h2-5,7-8H,6,9-10,17H2,1H3;1H. The molecular formula is C15H18Cl2N2OS. The highest BCUT2D eigenvalue weighted by Gasteiger charge is 2.11. The Labute approximate surface area is 140 Å². The van der Waals surface area contributed by atoms with Crippen LogP contribution in [0.15, 0.2) is 36.4 Å². The van der Waals surface area contributed by atoms with Crippen LogP contribution in [0.2, 0.25) is 4.34 Å². The Kier molecular flexibility index (Phi) is 7.02. The van der Waals surface area contributed by atoms with Gasteiger partial charge in [0.05, 0.1) is 10.9 Å². The molecule has 0 bridgehead atoms. The highest BCUT2D eigenvalue weighted by Crippen LogP contribution is 2.22. The zero-order valence-electron chi connectivity index (χ0n) is 11.7. The molecule has 1 amide bonds. The SMILES string of the molecule is CN(Cc1ccc(Cl)s1)C(=O)CCc1ccccc1N.Cl. The molecule has 0 saturated heterocycles. The van der Waals surface area contributed by atoms with E-state index in [-0.39, 0.29) is 18.3 Å². The minimum absolute atomic E-state index is 0. The van der Waals surface area contributed by atoms with Crippen molar-refractivity contribution in [2.45, 2.75) is 19.4 Å². The zero-order valence-corrected chi connectivity index (χ0v) is 14.1. The van der Waals surface area contributed by atoms with E-state index in [1.165, 1.54) is 11.3 Å². The number of thiophene rings is 1. The number of para-hydroxylation sites is 1. The Balaban J connectivity index is 0.00000220. The van der Waals surface area contributed by atoms with Crippen LogP contribution in [0.3, 0.4) is 0 Å². The molecule has 0 radical (unpaired) electrons. The smallest absolute Gasteiger partial charge is 0.222 e. The number of nitrogens with two attached hydrogens (primary N) is 1. The van der Waals surface area contributed by atoms with Gasteiger partial charge in [-0.15, -0.1) is 23.7 Å². The fourth-order valence-electron chi connectivity index (χ4n) is 1.95. The number of anilines is 1. The lowest BCUT2D eigenvalue weighted by Gasteiger charge is -2.16. The number of rotatable bonds is 5. The van der Waals surface area contributed by atoms with Gasteiger partial charge in [0.2, 0.25) is 5.91 Å². The van der Waals surface area contributed by atoms with Crippen LogP contribution in [0, 0.1) is 0 Å². The second-order valence-corrected chi connectivity index (χ2v) is 6.45. The molecule has 1 aromatic carbocycles. The van der Waals surface area contributed by atoms with Gasteiger partial charge in [-0.05, 0) is 30.2 Å². The fraction of sp³-hybridized carbons (Fsp3) is 0.267. The van der Waals surface area contributed by atoms with Crippen LogP contribution in [0.5, 0.6) is 0 Å². The van der Waals surface area contributed by atoms with Gasteiger partial charge in [0.1, 0.15) is 0 Å². The van der Waals surface area contributed by atoms with Gasteiger partial charge in [0.15, 0.2) is 0 Å². The first-order valence-corrected chi connectivity index (χ1v) is 7.57. The van der Waals surface area contributed by atoms with Crippen LogP contribution in [-0.2, 0) is 17.8 Å². The van der Waals surface area contributed by atoms with E-state index in [0.717, 1.165) is 20.5 Å². The molecule has 0 saturated carbocycles. The molecule has 21 heavy (non-hydrogen) atoms. The molecule has 0 atom stereocenters. The first-order valence-electron chi connectivity index (χ1n) is 6.38. The van der Waals surface area contributed by atoms with Gasteiger partial charge in [-0.2, -0.15) is 0 Å². The monoisotopic (exact) mass is 344 g/mol. The molecule has 1 heterocycles. The molecule has 3 nitrogen and oxygen atoms in total. The lowest BCUT2D eigenvalue weighted by molar-refractivity contribution is -0.130. The normalized spacial score (nSPS) is 10.0. The van der Waals surface area contributed by atoms with Crippen LogP contribution < -0.4 is 5.73 Å². The molecule has 2 aromatic rings. The number of carbonyl (C=O) groups is 1. The highest BCUT2D eigenvalue weighted by atomic mass is 35.5. The summed E-state index contributed by atoms with van der Waals surface area (Å²) in [4.78, 5) is 14.9. The summed E-state index contributed by atoms with van der Waals surface area (Å²) in [5.41, 5.74) is 7.64. The van der Waals surface area contributed by atoms with Crippen molar-refractivity contribution in [2.75, 3.05) is 12.8 Å². The van der Waals surface area contributed by atoms with E-state index >= 15 is 0 Å². The van der Waals surface area contributed by atoms with Crippen molar-refractivity contribution in [3.05, 3.63) is 51.2 Å². The number of aryl methyl sites for hydroxylation is 1. The average Bonchev–Trinajstić information content (AvgIpc) is 2.82. The summed E-state index contributed by atoms with van der Waals surface area (Å²) in [6.45, 7) is 0.598. The first kappa shape index (κ1) is 17.8. The Morgan fingerprint density at radius 3 is 2.62 bits per heavy atom. The molecule has 2 N–H and O–H groups in total. The van der Waals surface area contributed by atoms with Gasteiger partial charge in [-0.25, -0.2) is 0 Å². The molecule has 0 fully saturated rings. The number of halogens is 2. The molecule has 6 heteroatoms. The molecule has 114 valence electrons. The number of benzene rings is 1. The third-order valence-corrected chi connectivity index (χ3v) is 4.33. The number of hydrogen-bond donors (Lipinski definition) is 1. The summed E-state index contributed by atoms with van der Waals surface area (Å²) < 4.78 is 0.748. The number of nitrogens with zero attached hydrogens (tertiary/aromatic N) is 1. The second-order valence-electron chi connectivity index (χ2n) is 4.65. The minimum atomic E-state index is 0. The molecule has 0 unspecified atom stereocenters. The van der Waals surface area contributed by atoms with Crippen LogP contribution in [0.4, 0.5) is 5.69 Å². The minimum Gasteiger partial charge on any atom is -0.399 e. The third-order valence-electron chi connectivity index (χ3n) is 3.11. The second kappa shape index (κ2) is 8.27. The van der Waals surface area contributed by atoms with E-state index in [0.29, 0.717) is 19.4 Å². The highest BCUT2D eigenvalue weighted by molar-refractivity contribution is 7.16. The van der Waals surface area contributed by atoms with Crippen molar-refractivity contribution in [3.63, 3.8) is 0 Å². The van der Waals surface area contributed by atoms with E-state index in [4.69, 9.17) is 17.3 Å². The van der Waals surface area contributed by atoms with Crippen LogP contribution >= 0.6 is 35.3 Å². The lowest BCUT2D eigenvalue weighted by atomic mass is 10.1. The van der Waals surface area contributed by atoms with Crippen LogP contribution in [0.25, 0.3) is 0 Å². The summed E-state index contributed by atoms with van der Waals surface area (Å²) in [5.74, 6) is 0.109. The van der Waals surface area contributed by atoms with E-state index in [1.54, 1.807) is 4.90 Å². The van der Waals surface area contributed by atoms with Gasteiger partial charge in [-0.1, -0.05) is 29.8 Å². The predicted molar refractivity (Wildman–Crippen MR) is 92.2 cm³/mol. The number of carbonyl (C=O) groups excluding carboxylic acids is 1. The van der Waals surface area contributed by atoms with Crippen LogP contribution in [-0.4, -0.2) is 17.9 Å². The van der Waals surface area contributed by atoms with Crippen LogP contribution in [0.1, 0.15) is 16.9 Å². The maximum absolute atomic E-state index is 12.1. The maximum atomic E-state index is 12.1. The molecule has 0 aliphatic carbocycles. The molecule has 2 rings (SSSR count). The topological polar surface area (TPSA) is 46.3 Å². The van der Waals surface area contributed by atoms with Crippen molar-refractivity contribution < 1.29 is 4.79 Å². The van der Waals surface area contributed by atoms with E-state index in [1.807, 2.05) is 43.4 Å². The van der Waals surface area contributed by atoms with Crippen molar-refractivity contribution in [3.8, 4) is 0 Å². The molecule has 0 aliphatic rings. The summed E-state index contributed by atoms with van der Waals surface area (Å²) >= 11 is 7.39. The Bertz CT molecular complexity index is 601. The van der Waals surface area contributed by atoms with Gasteiger partial charge in [0.25, 0.3) is 0 Å². The summed E-state index contributed by atoms with van der Waals surface area (Å²) in [6, 6.07) is 11.5. The zero-order chi connectivity index (χ0) is 14.5. The van der Waals surface area contributed by atoms with Crippen molar-refractivity contribution in [2.24, 2.45) is 0 Å². The van der Waals surface area contributed by atoms with E-state index in [2.05, 4.69) is 0 Å². The quantitative estimate of drug-likeness (QED) is 0.833. The Morgan fingerprint density at radius 1 is 1.29 bits per heavy atom. The molecular weight excluding hydrogens is 327 g/mol. The largest absolute Gasteiger partial charge is 0.399 e. The average molecular weight is 345 g/mol. The van der Waals surface area contributed by atoms with E-state index in [9.17, 15) is 4.79 Å². The summed E-state index contributed by atoms with van der Waals surface area (Å²) in [5, 5.41) is 0. The maximum Gasteiger partial charge on any atom is 0.222 e. The predicted octanol–water partition coefficient (Wildman–Crippen LogP) is 4.00. The van der Waals surface area contributed by atoms with Gasteiger partial charge in [0, 0.05) is 24.0 Å². The Hall–Kier alpha value is -1.23. The molecule has 0 aliphatic heterocycles. The van der Waals surface area contributed by atoms with E-state index < -0.39 is 0 Å². The van der Waals surface area contributed by atoms with Crippen molar-refractivity contribution >= 4 is 46.9 Å². The van der Waals surface area contributed by atoms with Crippen molar-refractivity contribution in [1.29, 1.82) is 0 Å². The summed E-state index contributed by atoms with van der Waals surface area (Å²) in [6.07, 6.45) is 1.13. The van der Waals surface area contributed by atoms with Gasteiger partial charge in [-0.3, -0.25) is 4.79 Å². The molecule has 0 spiro atoms. The van der Waals surface area contributed by atoms with Gasteiger partial charge >= 0.3 is 0 Å². The molecule has 1 aromatic heterocycles. The first-order chi connectivity index (χ1) is 9.56. The number of nitrogen functional groups attached to an aromatic ring is 1. The lowest BCUT2D eigenvalue weighted by Crippen LogP contribution is -2.26. The van der Waals surface area contributed by atoms with Crippen molar-refractivity contribution in [1.82, 2.24) is 4.90 Å². The number of hydrogen-bond acceptors (Lipinski definition) is 3. The van der Waals surface area contributed by atoms with Gasteiger partial charge < -0.3 is 10.6 Å². The number of amides is 1. The fourth-order valence-corrected chi connectivity index (χ4v) is 3.09.